The summed E-state index contributed by atoms with van der Waals surface area (Å²) in [4.78, 5) is 0. The van der Waals surface area contributed by atoms with E-state index < -0.39 is 0 Å². The maximum Gasteiger partial charge on any atom is 0.0739 e. The maximum absolute atomic E-state index is 6.10. The van der Waals surface area contributed by atoms with E-state index in [1.165, 1.54) is 0 Å². The first-order valence-electron chi connectivity index (χ1n) is 5.67. The molecular weight excluding hydrogens is 314 g/mol. The highest BCUT2D eigenvalue weighted by Gasteiger charge is 2.10. The summed E-state index contributed by atoms with van der Waals surface area (Å²) >= 11 is 9.65. The van der Waals surface area contributed by atoms with E-state index in [0.717, 1.165) is 32.1 Å². The van der Waals surface area contributed by atoms with E-state index in [0.29, 0.717) is 6.54 Å². The molecule has 18 heavy (non-hydrogen) atoms. The highest BCUT2D eigenvalue weighted by molar-refractivity contribution is 9.10. The molecule has 0 aliphatic heterocycles. The van der Waals surface area contributed by atoms with Gasteiger partial charge in [0.15, 0.2) is 0 Å². The molecular formula is C13H15BrClN3. The van der Waals surface area contributed by atoms with E-state index in [4.69, 9.17) is 11.6 Å². The third-order valence-corrected chi connectivity index (χ3v) is 4.42. The van der Waals surface area contributed by atoms with Crippen LogP contribution >= 0.6 is 27.5 Å². The van der Waals surface area contributed by atoms with Crippen LogP contribution < -0.4 is 5.32 Å². The van der Waals surface area contributed by atoms with Crippen LogP contribution in [0.4, 0.5) is 5.69 Å². The summed E-state index contributed by atoms with van der Waals surface area (Å²) in [6, 6.07) is 5.87. The molecule has 2 rings (SSSR count). The summed E-state index contributed by atoms with van der Waals surface area (Å²) in [5.41, 5.74) is 4.23. The van der Waals surface area contributed by atoms with Gasteiger partial charge in [0.05, 0.1) is 22.4 Å². The molecule has 0 spiro atoms. The van der Waals surface area contributed by atoms with Crippen LogP contribution in [0.1, 0.15) is 17.0 Å². The van der Waals surface area contributed by atoms with Crippen LogP contribution in [0.3, 0.4) is 0 Å². The standard InChI is InChI=1S/C13H15BrClN3/c1-8-10(15)5-4-6-11(8)16-7-12-13(14)9(2)17-18(12)3/h4-6,16H,7H2,1-3H3. The van der Waals surface area contributed by atoms with Crippen LogP contribution in [-0.4, -0.2) is 9.78 Å². The Balaban J connectivity index is 2.19. The molecule has 1 aromatic carbocycles. The second kappa shape index (κ2) is 5.33. The van der Waals surface area contributed by atoms with Gasteiger partial charge in [-0.2, -0.15) is 5.10 Å². The average molecular weight is 329 g/mol. The fourth-order valence-electron chi connectivity index (χ4n) is 1.85. The van der Waals surface area contributed by atoms with Crippen molar-refractivity contribution in [1.29, 1.82) is 0 Å². The summed E-state index contributed by atoms with van der Waals surface area (Å²) in [5, 5.41) is 8.53. The number of benzene rings is 1. The molecule has 0 aliphatic carbocycles. The minimum absolute atomic E-state index is 0.707. The fraction of sp³-hybridized carbons (Fsp3) is 0.308. The lowest BCUT2D eigenvalue weighted by Crippen LogP contribution is -2.06. The number of nitrogens with one attached hydrogen (secondary N) is 1. The molecule has 0 unspecified atom stereocenters. The van der Waals surface area contributed by atoms with E-state index in [-0.39, 0.29) is 0 Å². The molecule has 2 aromatic rings. The third-order valence-electron chi connectivity index (χ3n) is 2.98. The van der Waals surface area contributed by atoms with Gasteiger partial charge in [0.2, 0.25) is 0 Å². The second-order valence-electron chi connectivity index (χ2n) is 4.24. The van der Waals surface area contributed by atoms with E-state index >= 15 is 0 Å². The lowest BCUT2D eigenvalue weighted by Gasteiger charge is -2.11. The summed E-state index contributed by atoms with van der Waals surface area (Å²) in [6.45, 7) is 4.70. The van der Waals surface area contributed by atoms with Gasteiger partial charge in [-0.3, -0.25) is 4.68 Å². The molecule has 1 aromatic heterocycles. The minimum atomic E-state index is 0.707. The zero-order valence-corrected chi connectivity index (χ0v) is 12.9. The summed E-state index contributed by atoms with van der Waals surface area (Å²) in [5.74, 6) is 0. The van der Waals surface area contributed by atoms with Crippen molar-refractivity contribution in [2.24, 2.45) is 7.05 Å². The molecule has 0 bridgehead atoms. The van der Waals surface area contributed by atoms with Crippen LogP contribution in [0.2, 0.25) is 5.02 Å². The van der Waals surface area contributed by atoms with Gasteiger partial charge >= 0.3 is 0 Å². The molecule has 0 aliphatic rings. The van der Waals surface area contributed by atoms with Crippen molar-refractivity contribution < 1.29 is 0 Å². The summed E-state index contributed by atoms with van der Waals surface area (Å²) in [7, 11) is 1.94. The molecule has 5 heteroatoms. The van der Waals surface area contributed by atoms with E-state index in [1.807, 2.05) is 43.8 Å². The Morgan fingerprint density at radius 2 is 2.11 bits per heavy atom. The average Bonchev–Trinajstić information content (AvgIpc) is 2.56. The molecule has 0 fully saturated rings. The monoisotopic (exact) mass is 327 g/mol. The molecule has 0 saturated heterocycles. The second-order valence-corrected chi connectivity index (χ2v) is 5.44. The van der Waals surface area contributed by atoms with Crippen molar-refractivity contribution in [2.45, 2.75) is 20.4 Å². The van der Waals surface area contributed by atoms with Crippen molar-refractivity contribution in [3.63, 3.8) is 0 Å². The number of aryl methyl sites for hydroxylation is 2. The van der Waals surface area contributed by atoms with E-state index in [1.54, 1.807) is 0 Å². The molecule has 1 heterocycles. The largest absolute Gasteiger partial charge is 0.379 e. The Morgan fingerprint density at radius 3 is 2.72 bits per heavy atom. The first kappa shape index (κ1) is 13.4. The third kappa shape index (κ3) is 2.54. The Hall–Kier alpha value is -1.000. The van der Waals surface area contributed by atoms with Crippen LogP contribution in [0.15, 0.2) is 22.7 Å². The SMILES string of the molecule is Cc1nn(C)c(CNc2cccc(Cl)c2C)c1Br. The van der Waals surface area contributed by atoms with Crippen LogP contribution in [-0.2, 0) is 13.6 Å². The lowest BCUT2D eigenvalue weighted by atomic mass is 10.2. The number of nitrogens with zero attached hydrogens (tertiary/aromatic N) is 2. The van der Waals surface area contributed by atoms with Gasteiger partial charge < -0.3 is 5.32 Å². The van der Waals surface area contributed by atoms with Crippen LogP contribution in [0, 0.1) is 13.8 Å². The molecule has 96 valence electrons. The van der Waals surface area contributed by atoms with Gasteiger partial charge in [0, 0.05) is 17.8 Å². The molecule has 0 radical (unpaired) electrons. The number of anilines is 1. The molecule has 0 amide bonds. The zero-order chi connectivity index (χ0) is 13.3. The first-order valence-corrected chi connectivity index (χ1v) is 6.84. The lowest BCUT2D eigenvalue weighted by molar-refractivity contribution is 0.712. The Morgan fingerprint density at radius 1 is 1.39 bits per heavy atom. The Kier molecular flexibility index (Phi) is 3.97. The van der Waals surface area contributed by atoms with Crippen LogP contribution in [0.5, 0.6) is 0 Å². The highest BCUT2D eigenvalue weighted by Crippen LogP contribution is 2.25. The van der Waals surface area contributed by atoms with Crippen molar-refractivity contribution in [1.82, 2.24) is 9.78 Å². The number of aromatic nitrogens is 2. The van der Waals surface area contributed by atoms with Gasteiger partial charge in [-0.25, -0.2) is 0 Å². The Labute approximate surface area is 120 Å². The molecule has 0 saturated carbocycles. The smallest absolute Gasteiger partial charge is 0.0739 e. The van der Waals surface area contributed by atoms with Gasteiger partial charge in [-0.05, 0) is 47.5 Å². The molecule has 1 N–H and O–H groups in total. The predicted molar refractivity (Wildman–Crippen MR) is 79.2 cm³/mol. The normalized spacial score (nSPS) is 10.7. The minimum Gasteiger partial charge on any atom is -0.379 e. The number of hydrogen-bond donors (Lipinski definition) is 1. The van der Waals surface area contributed by atoms with Crippen LogP contribution in [0.25, 0.3) is 0 Å². The quantitative estimate of drug-likeness (QED) is 0.920. The Bertz CT molecular complexity index is 578. The molecule has 0 atom stereocenters. The van der Waals surface area contributed by atoms with Gasteiger partial charge in [-0.15, -0.1) is 0 Å². The highest BCUT2D eigenvalue weighted by atomic mass is 79.9. The van der Waals surface area contributed by atoms with E-state index in [9.17, 15) is 0 Å². The van der Waals surface area contributed by atoms with Crippen molar-refractivity contribution in [2.75, 3.05) is 5.32 Å². The topological polar surface area (TPSA) is 29.9 Å². The fourth-order valence-corrected chi connectivity index (χ4v) is 2.50. The zero-order valence-electron chi connectivity index (χ0n) is 10.6. The van der Waals surface area contributed by atoms with Crippen molar-refractivity contribution in [3.05, 3.63) is 44.6 Å². The van der Waals surface area contributed by atoms with Crippen molar-refractivity contribution in [3.8, 4) is 0 Å². The van der Waals surface area contributed by atoms with Gasteiger partial charge in [-0.1, -0.05) is 17.7 Å². The molecule has 3 nitrogen and oxygen atoms in total. The number of rotatable bonds is 3. The first-order chi connectivity index (χ1) is 8.50. The van der Waals surface area contributed by atoms with Gasteiger partial charge in [0.25, 0.3) is 0 Å². The van der Waals surface area contributed by atoms with Crippen molar-refractivity contribution >= 4 is 33.2 Å². The number of halogens is 2. The van der Waals surface area contributed by atoms with E-state index in [2.05, 4.69) is 26.3 Å². The summed E-state index contributed by atoms with van der Waals surface area (Å²) in [6.07, 6.45) is 0. The maximum atomic E-state index is 6.10. The summed E-state index contributed by atoms with van der Waals surface area (Å²) < 4.78 is 2.93. The predicted octanol–water partition coefficient (Wildman–Crippen LogP) is 4.06. The number of hydrogen-bond acceptors (Lipinski definition) is 2. The van der Waals surface area contributed by atoms with Gasteiger partial charge in [0.1, 0.15) is 0 Å².